The third kappa shape index (κ3) is 3.35. The highest BCUT2D eigenvalue weighted by Crippen LogP contribution is 2.28. The summed E-state index contributed by atoms with van der Waals surface area (Å²) in [6, 6.07) is 3.69. The van der Waals surface area contributed by atoms with E-state index < -0.39 is 5.97 Å². The Morgan fingerprint density at radius 3 is 2.50 bits per heavy atom. The van der Waals surface area contributed by atoms with Gasteiger partial charge in [0.25, 0.3) is 0 Å². The molecule has 0 radical (unpaired) electrons. The van der Waals surface area contributed by atoms with Gasteiger partial charge in [0.15, 0.2) is 0 Å². The maximum absolute atomic E-state index is 11.4. The number of methoxy groups -OCH3 is 1. The Bertz CT molecular complexity index is 369. The van der Waals surface area contributed by atoms with Gasteiger partial charge in [-0.2, -0.15) is 0 Å². The van der Waals surface area contributed by atoms with Crippen LogP contribution in [-0.2, 0) is 4.74 Å². The van der Waals surface area contributed by atoms with Gasteiger partial charge in [-0.1, -0.05) is 33.6 Å². The smallest absolute Gasteiger partial charge is 0.373 e. The Morgan fingerprint density at radius 2 is 2.00 bits per heavy atom. The summed E-state index contributed by atoms with van der Waals surface area (Å²) in [5.41, 5.74) is 0. The minimum Gasteiger partial charge on any atom is -0.463 e. The van der Waals surface area contributed by atoms with Crippen molar-refractivity contribution in [3.63, 3.8) is 0 Å². The molecular weight excluding hydrogens is 230 g/mol. The molecule has 1 aromatic heterocycles. The first-order chi connectivity index (χ1) is 8.67. The van der Waals surface area contributed by atoms with Crippen molar-refractivity contribution < 1.29 is 13.9 Å². The Kier molecular flexibility index (Phi) is 5.92. The van der Waals surface area contributed by atoms with E-state index in [9.17, 15) is 4.79 Å². The van der Waals surface area contributed by atoms with Crippen molar-refractivity contribution in [1.29, 1.82) is 0 Å². The molecule has 1 N–H and O–H groups in total. The second-order valence-electron chi connectivity index (χ2n) is 4.31. The van der Waals surface area contributed by atoms with Gasteiger partial charge in [0.2, 0.25) is 5.76 Å². The van der Waals surface area contributed by atoms with E-state index in [1.807, 2.05) is 6.07 Å². The second-order valence-corrected chi connectivity index (χ2v) is 4.31. The van der Waals surface area contributed by atoms with E-state index in [0.29, 0.717) is 5.92 Å². The number of carbonyl (C=O) groups excluding carboxylic acids is 1. The summed E-state index contributed by atoms with van der Waals surface area (Å²) < 4.78 is 10.2. The van der Waals surface area contributed by atoms with Gasteiger partial charge in [-0.25, -0.2) is 4.79 Å². The van der Waals surface area contributed by atoms with Crippen LogP contribution in [0.5, 0.6) is 0 Å². The zero-order valence-electron chi connectivity index (χ0n) is 11.7. The van der Waals surface area contributed by atoms with Crippen molar-refractivity contribution >= 4 is 5.97 Å². The molecule has 4 nitrogen and oxygen atoms in total. The molecule has 0 fully saturated rings. The molecule has 0 aromatic carbocycles. The number of carbonyl (C=O) groups is 1. The van der Waals surface area contributed by atoms with E-state index >= 15 is 0 Å². The van der Waals surface area contributed by atoms with Gasteiger partial charge in [0.1, 0.15) is 5.76 Å². The molecule has 1 rings (SSSR count). The number of rotatable bonds is 7. The van der Waals surface area contributed by atoms with E-state index in [2.05, 4.69) is 30.8 Å². The maximum Gasteiger partial charge on any atom is 0.373 e. The molecule has 1 atom stereocenters. The Morgan fingerprint density at radius 1 is 1.33 bits per heavy atom. The summed E-state index contributed by atoms with van der Waals surface area (Å²) in [6.07, 6.45) is 2.14. The highest BCUT2D eigenvalue weighted by molar-refractivity contribution is 5.86. The number of furan rings is 1. The fourth-order valence-corrected chi connectivity index (χ4v) is 2.21. The molecule has 0 bridgehead atoms. The highest BCUT2D eigenvalue weighted by atomic mass is 16.5. The van der Waals surface area contributed by atoms with Gasteiger partial charge in [-0.15, -0.1) is 0 Å². The van der Waals surface area contributed by atoms with E-state index in [4.69, 9.17) is 4.42 Å². The van der Waals surface area contributed by atoms with Crippen molar-refractivity contribution in [2.45, 2.75) is 39.7 Å². The molecule has 102 valence electrons. The zero-order chi connectivity index (χ0) is 13.5. The van der Waals surface area contributed by atoms with Crippen molar-refractivity contribution in [2.75, 3.05) is 13.7 Å². The molecule has 0 aliphatic carbocycles. The monoisotopic (exact) mass is 253 g/mol. The lowest BCUT2D eigenvalue weighted by Crippen LogP contribution is -2.27. The molecular formula is C14H23NO3. The van der Waals surface area contributed by atoms with E-state index in [1.165, 1.54) is 7.11 Å². The van der Waals surface area contributed by atoms with Gasteiger partial charge >= 0.3 is 5.97 Å². The van der Waals surface area contributed by atoms with Crippen LogP contribution in [-0.4, -0.2) is 19.6 Å². The Hall–Kier alpha value is -1.29. The predicted molar refractivity (Wildman–Crippen MR) is 70.5 cm³/mol. The number of hydrogen-bond donors (Lipinski definition) is 1. The van der Waals surface area contributed by atoms with Crippen LogP contribution in [0.15, 0.2) is 16.5 Å². The van der Waals surface area contributed by atoms with Crippen LogP contribution in [0.1, 0.15) is 56.0 Å². The minimum absolute atomic E-state index is 0.156. The average molecular weight is 253 g/mol. The first-order valence-electron chi connectivity index (χ1n) is 6.59. The summed E-state index contributed by atoms with van der Waals surface area (Å²) in [5.74, 6) is 1.15. The van der Waals surface area contributed by atoms with Crippen LogP contribution < -0.4 is 5.32 Å². The standard InChI is InChI=1S/C14H23NO3/c1-5-10(6-2)13(15-7-3)11-8-9-12(18-11)14(16)17-4/h8-10,13,15H,5-7H2,1-4H3. The average Bonchev–Trinajstić information content (AvgIpc) is 2.87. The van der Waals surface area contributed by atoms with Gasteiger partial charge < -0.3 is 14.5 Å². The summed E-state index contributed by atoms with van der Waals surface area (Å²) >= 11 is 0. The predicted octanol–water partition coefficient (Wildman–Crippen LogP) is 3.15. The lowest BCUT2D eigenvalue weighted by Gasteiger charge is -2.24. The molecule has 1 aromatic rings. The fraction of sp³-hybridized carbons (Fsp3) is 0.643. The third-order valence-corrected chi connectivity index (χ3v) is 3.26. The minimum atomic E-state index is -0.430. The first kappa shape index (κ1) is 14.8. The van der Waals surface area contributed by atoms with Gasteiger partial charge in [0.05, 0.1) is 13.2 Å². The zero-order valence-corrected chi connectivity index (χ0v) is 11.7. The molecule has 0 spiro atoms. The Balaban J connectivity index is 2.91. The largest absolute Gasteiger partial charge is 0.463 e. The summed E-state index contributed by atoms with van der Waals surface area (Å²) in [5, 5.41) is 3.43. The number of esters is 1. The highest BCUT2D eigenvalue weighted by Gasteiger charge is 2.23. The van der Waals surface area contributed by atoms with Gasteiger partial charge in [0, 0.05) is 0 Å². The quantitative estimate of drug-likeness (QED) is 0.758. The van der Waals surface area contributed by atoms with Crippen molar-refractivity contribution in [3.05, 3.63) is 23.7 Å². The topological polar surface area (TPSA) is 51.5 Å². The van der Waals surface area contributed by atoms with E-state index in [-0.39, 0.29) is 11.8 Å². The molecule has 0 saturated carbocycles. The normalized spacial score (nSPS) is 12.7. The SMILES string of the molecule is CCNC(c1ccc(C(=O)OC)o1)C(CC)CC. The molecule has 18 heavy (non-hydrogen) atoms. The molecule has 4 heteroatoms. The molecule has 1 heterocycles. The van der Waals surface area contributed by atoms with Crippen molar-refractivity contribution in [3.8, 4) is 0 Å². The molecule has 0 amide bonds. The van der Waals surface area contributed by atoms with E-state index in [0.717, 1.165) is 25.1 Å². The molecule has 0 aliphatic heterocycles. The van der Waals surface area contributed by atoms with E-state index in [1.54, 1.807) is 6.07 Å². The lowest BCUT2D eigenvalue weighted by atomic mass is 9.92. The van der Waals surface area contributed by atoms with Crippen LogP contribution >= 0.6 is 0 Å². The molecule has 0 saturated heterocycles. The lowest BCUT2D eigenvalue weighted by molar-refractivity contribution is 0.0561. The van der Waals surface area contributed by atoms with Crippen LogP contribution in [0.3, 0.4) is 0 Å². The summed E-state index contributed by atoms with van der Waals surface area (Å²) in [6.45, 7) is 7.28. The molecule has 1 unspecified atom stereocenters. The van der Waals surface area contributed by atoms with Crippen LogP contribution in [0.2, 0.25) is 0 Å². The van der Waals surface area contributed by atoms with Crippen LogP contribution in [0, 0.1) is 5.92 Å². The van der Waals surface area contributed by atoms with Crippen LogP contribution in [0.4, 0.5) is 0 Å². The maximum atomic E-state index is 11.4. The van der Waals surface area contributed by atoms with Crippen molar-refractivity contribution in [1.82, 2.24) is 5.32 Å². The first-order valence-corrected chi connectivity index (χ1v) is 6.59. The summed E-state index contributed by atoms with van der Waals surface area (Å²) in [7, 11) is 1.35. The third-order valence-electron chi connectivity index (χ3n) is 3.26. The summed E-state index contributed by atoms with van der Waals surface area (Å²) in [4.78, 5) is 11.4. The number of ether oxygens (including phenoxy) is 1. The number of hydrogen-bond acceptors (Lipinski definition) is 4. The Labute approximate surface area is 109 Å². The van der Waals surface area contributed by atoms with Gasteiger partial charge in [-0.05, 0) is 24.6 Å². The van der Waals surface area contributed by atoms with Gasteiger partial charge in [-0.3, -0.25) is 0 Å². The molecule has 0 aliphatic rings. The fourth-order valence-electron chi connectivity index (χ4n) is 2.21. The second kappa shape index (κ2) is 7.21. The van der Waals surface area contributed by atoms with Crippen molar-refractivity contribution in [2.24, 2.45) is 5.92 Å². The number of nitrogens with one attached hydrogen (secondary N) is 1. The van der Waals surface area contributed by atoms with Crippen LogP contribution in [0.25, 0.3) is 0 Å².